The van der Waals surface area contributed by atoms with Crippen LogP contribution in [0.5, 0.6) is 0 Å². The van der Waals surface area contributed by atoms with Gasteiger partial charge in [-0.15, -0.1) is 0 Å². The minimum absolute atomic E-state index is 0.0000189. The first-order valence-electron chi connectivity index (χ1n) is 12.0. The standard InChI is InChI=1S/C29H22F6N4O2/c30-28(31,32)20-3-1-5-24(16-20)38-26(40)36-22-11-7-18(8-12-22)15-19-9-13-23(14-10-19)37-27(41)39-25-6-2-4-21(17-25)29(33,34)35/h1-14,16-17H,15H2,(H2,36,38,40)(H2,37,39,41). The number of benzene rings is 4. The predicted molar refractivity (Wildman–Crippen MR) is 144 cm³/mol. The van der Waals surface area contributed by atoms with Crippen molar-refractivity contribution < 1.29 is 35.9 Å². The maximum Gasteiger partial charge on any atom is 0.416 e. The van der Waals surface area contributed by atoms with Crippen LogP contribution in [0, 0.1) is 0 Å². The summed E-state index contributed by atoms with van der Waals surface area (Å²) >= 11 is 0. The third-order valence-corrected chi connectivity index (χ3v) is 5.73. The van der Waals surface area contributed by atoms with Gasteiger partial charge in [-0.3, -0.25) is 0 Å². The Morgan fingerprint density at radius 3 is 1.17 bits per heavy atom. The normalized spacial score (nSPS) is 11.5. The van der Waals surface area contributed by atoms with Crippen molar-refractivity contribution in [3.63, 3.8) is 0 Å². The second-order valence-corrected chi connectivity index (χ2v) is 8.89. The first-order chi connectivity index (χ1) is 19.3. The number of carbonyl (C=O) groups is 2. The van der Waals surface area contributed by atoms with E-state index in [0.717, 1.165) is 35.4 Å². The van der Waals surface area contributed by atoms with Crippen molar-refractivity contribution in [2.45, 2.75) is 18.8 Å². The molecule has 0 radical (unpaired) electrons. The van der Waals surface area contributed by atoms with E-state index in [-0.39, 0.29) is 11.4 Å². The molecule has 12 heteroatoms. The van der Waals surface area contributed by atoms with E-state index in [1.54, 1.807) is 48.5 Å². The number of alkyl halides is 6. The Balaban J connectivity index is 1.28. The van der Waals surface area contributed by atoms with Crippen LogP contribution in [0.4, 0.5) is 58.7 Å². The van der Waals surface area contributed by atoms with Crippen molar-refractivity contribution in [1.82, 2.24) is 0 Å². The molecule has 0 fully saturated rings. The summed E-state index contributed by atoms with van der Waals surface area (Å²) < 4.78 is 77.1. The highest BCUT2D eigenvalue weighted by Crippen LogP contribution is 2.31. The highest BCUT2D eigenvalue weighted by atomic mass is 19.4. The average Bonchev–Trinajstić information content (AvgIpc) is 2.90. The van der Waals surface area contributed by atoms with Crippen LogP contribution in [-0.4, -0.2) is 12.1 Å². The summed E-state index contributed by atoms with van der Waals surface area (Å²) in [4.78, 5) is 24.4. The molecule has 0 unspecified atom stereocenters. The number of carbonyl (C=O) groups excluding carboxylic acids is 2. The monoisotopic (exact) mass is 572 g/mol. The summed E-state index contributed by atoms with van der Waals surface area (Å²) in [6.45, 7) is 0. The topological polar surface area (TPSA) is 82.3 Å². The molecule has 0 saturated heterocycles. The molecule has 4 amide bonds. The van der Waals surface area contributed by atoms with Gasteiger partial charge in [0.05, 0.1) is 11.1 Å². The number of rotatable bonds is 6. The second kappa shape index (κ2) is 12.0. The van der Waals surface area contributed by atoms with Gasteiger partial charge in [0.25, 0.3) is 0 Å². The lowest BCUT2D eigenvalue weighted by Crippen LogP contribution is -2.19. The quantitative estimate of drug-likeness (QED) is 0.175. The van der Waals surface area contributed by atoms with E-state index in [4.69, 9.17) is 0 Å². The van der Waals surface area contributed by atoms with Crippen molar-refractivity contribution in [2.24, 2.45) is 0 Å². The average molecular weight is 573 g/mol. The van der Waals surface area contributed by atoms with Crippen molar-refractivity contribution >= 4 is 34.8 Å². The van der Waals surface area contributed by atoms with Gasteiger partial charge in [0, 0.05) is 22.7 Å². The number of urea groups is 2. The van der Waals surface area contributed by atoms with E-state index in [2.05, 4.69) is 21.3 Å². The van der Waals surface area contributed by atoms with Gasteiger partial charge in [-0.2, -0.15) is 26.3 Å². The second-order valence-electron chi connectivity index (χ2n) is 8.89. The molecule has 0 spiro atoms. The number of nitrogens with one attached hydrogen (secondary N) is 4. The van der Waals surface area contributed by atoms with Gasteiger partial charge in [-0.1, -0.05) is 36.4 Å². The van der Waals surface area contributed by atoms with Crippen LogP contribution >= 0.6 is 0 Å². The van der Waals surface area contributed by atoms with E-state index in [0.29, 0.717) is 17.8 Å². The predicted octanol–water partition coefficient (Wildman–Crippen LogP) is 8.60. The van der Waals surface area contributed by atoms with Crippen molar-refractivity contribution in [2.75, 3.05) is 21.3 Å². The van der Waals surface area contributed by atoms with Crippen molar-refractivity contribution in [3.8, 4) is 0 Å². The molecule has 41 heavy (non-hydrogen) atoms. The minimum atomic E-state index is -4.52. The Morgan fingerprint density at radius 1 is 0.488 bits per heavy atom. The number of hydrogen-bond acceptors (Lipinski definition) is 2. The summed E-state index contributed by atoms with van der Waals surface area (Å²) in [7, 11) is 0. The molecule has 0 atom stereocenters. The Bertz CT molecular complexity index is 1400. The van der Waals surface area contributed by atoms with E-state index in [1.165, 1.54) is 24.3 Å². The smallest absolute Gasteiger partial charge is 0.308 e. The zero-order valence-corrected chi connectivity index (χ0v) is 21.0. The van der Waals surface area contributed by atoms with Crippen LogP contribution in [-0.2, 0) is 18.8 Å². The number of halogens is 6. The highest BCUT2D eigenvalue weighted by Gasteiger charge is 2.31. The van der Waals surface area contributed by atoms with E-state index < -0.39 is 35.5 Å². The molecule has 0 aliphatic heterocycles. The number of amides is 4. The molecular weight excluding hydrogens is 550 g/mol. The Kier molecular flexibility index (Phi) is 8.51. The van der Waals surface area contributed by atoms with Gasteiger partial charge >= 0.3 is 24.4 Å². The molecule has 0 saturated carbocycles. The summed E-state index contributed by atoms with van der Waals surface area (Å²) in [6.07, 6.45) is -8.52. The van der Waals surface area contributed by atoms with Crippen LogP contribution in [0.25, 0.3) is 0 Å². The fraction of sp³-hybridized carbons (Fsp3) is 0.103. The largest absolute Gasteiger partial charge is 0.416 e. The van der Waals surface area contributed by atoms with Gasteiger partial charge in [0.15, 0.2) is 0 Å². The molecule has 0 aliphatic rings. The lowest BCUT2D eigenvalue weighted by atomic mass is 10.0. The fourth-order valence-corrected chi connectivity index (χ4v) is 3.78. The summed E-state index contributed by atoms with van der Waals surface area (Å²) in [6, 6.07) is 20.9. The third kappa shape index (κ3) is 8.49. The summed E-state index contributed by atoms with van der Waals surface area (Å²) in [5.41, 5.74) is 0.923. The van der Waals surface area contributed by atoms with E-state index in [1.807, 2.05) is 0 Å². The summed E-state index contributed by atoms with van der Waals surface area (Å²) in [5.74, 6) is 0. The minimum Gasteiger partial charge on any atom is -0.308 e. The van der Waals surface area contributed by atoms with E-state index >= 15 is 0 Å². The molecule has 4 N–H and O–H groups in total. The van der Waals surface area contributed by atoms with Crippen LogP contribution < -0.4 is 21.3 Å². The van der Waals surface area contributed by atoms with Gasteiger partial charge < -0.3 is 21.3 Å². The highest BCUT2D eigenvalue weighted by molar-refractivity contribution is 6.00. The maximum atomic E-state index is 12.9. The first kappa shape index (κ1) is 29.0. The first-order valence-corrected chi connectivity index (χ1v) is 12.0. The zero-order chi connectivity index (χ0) is 29.6. The van der Waals surface area contributed by atoms with Crippen molar-refractivity contribution in [3.05, 3.63) is 119 Å². The van der Waals surface area contributed by atoms with Crippen LogP contribution in [0.2, 0.25) is 0 Å². The van der Waals surface area contributed by atoms with Crippen molar-refractivity contribution in [1.29, 1.82) is 0 Å². The van der Waals surface area contributed by atoms with E-state index in [9.17, 15) is 35.9 Å². The molecule has 4 aromatic carbocycles. The van der Waals surface area contributed by atoms with Crippen LogP contribution in [0.3, 0.4) is 0 Å². The fourth-order valence-electron chi connectivity index (χ4n) is 3.78. The van der Waals surface area contributed by atoms with Gasteiger partial charge in [-0.25, -0.2) is 9.59 Å². The van der Waals surface area contributed by atoms with Gasteiger partial charge in [0.1, 0.15) is 0 Å². The Hall–Kier alpha value is -5.00. The molecule has 0 bridgehead atoms. The molecule has 6 nitrogen and oxygen atoms in total. The number of anilines is 4. The summed E-state index contributed by atoms with van der Waals surface area (Å²) in [5, 5.41) is 9.86. The zero-order valence-electron chi connectivity index (χ0n) is 21.0. The van der Waals surface area contributed by atoms with Gasteiger partial charge in [-0.05, 0) is 78.2 Å². The molecule has 212 valence electrons. The molecule has 0 aromatic heterocycles. The lowest BCUT2D eigenvalue weighted by molar-refractivity contribution is -0.138. The molecule has 0 heterocycles. The SMILES string of the molecule is O=C(Nc1ccc(Cc2ccc(NC(=O)Nc3cccc(C(F)(F)F)c3)cc2)cc1)Nc1cccc(C(F)(F)F)c1. The third-order valence-electron chi connectivity index (χ3n) is 5.73. The van der Waals surface area contributed by atoms with Crippen LogP contribution in [0.15, 0.2) is 97.1 Å². The maximum absolute atomic E-state index is 12.9. The number of hydrogen-bond donors (Lipinski definition) is 4. The Morgan fingerprint density at radius 2 is 0.829 bits per heavy atom. The lowest BCUT2D eigenvalue weighted by Gasteiger charge is -2.12. The molecule has 4 rings (SSSR count). The molecular formula is C29H22F6N4O2. The van der Waals surface area contributed by atoms with Gasteiger partial charge in [0.2, 0.25) is 0 Å². The molecule has 0 aliphatic carbocycles. The van der Waals surface area contributed by atoms with Crippen LogP contribution in [0.1, 0.15) is 22.3 Å². The molecule has 4 aromatic rings. The Labute approximate surface area is 230 Å².